The first-order valence-corrected chi connectivity index (χ1v) is 5.48. The van der Waals surface area contributed by atoms with Gasteiger partial charge in [-0.15, -0.1) is 0 Å². The van der Waals surface area contributed by atoms with Gasteiger partial charge in [-0.05, 0) is 12.1 Å². The molecule has 3 rings (SSSR count). The van der Waals surface area contributed by atoms with Crippen LogP contribution in [0.4, 0.5) is 14.7 Å². The smallest absolute Gasteiger partial charge is 0.242 e. The number of hydrogen-bond donors (Lipinski definition) is 3. The Bertz CT molecular complexity index is 775. The number of H-pyrrole nitrogens is 1. The first-order valence-electron chi connectivity index (χ1n) is 5.48. The maximum atomic E-state index is 13.6. The average molecular weight is 278 g/mol. The van der Waals surface area contributed by atoms with Crippen molar-refractivity contribution in [2.75, 3.05) is 5.43 Å². The molecule has 0 radical (unpaired) electrons. The van der Waals surface area contributed by atoms with Gasteiger partial charge in [0, 0.05) is 6.07 Å². The summed E-state index contributed by atoms with van der Waals surface area (Å²) in [6.45, 7) is 0. The van der Waals surface area contributed by atoms with Crippen LogP contribution >= 0.6 is 0 Å². The summed E-state index contributed by atoms with van der Waals surface area (Å²) in [7, 11) is 0. The van der Waals surface area contributed by atoms with Crippen molar-refractivity contribution in [1.82, 2.24) is 20.2 Å². The molecule has 0 atom stereocenters. The molecule has 0 saturated carbocycles. The number of nitrogens with zero attached hydrogens (tertiary/aromatic N) is 3. The van der Waals surface area contributed by atoms with E-state index in [2.05, 4.69) is 25.6 Å². The van der Waals surface area contributed by atoms with E-state index >= 15 is 0 Å². The molecule has 0 aliphatic rings. The molecule has 3 aromatic rings. The third-order valence-electron chi connectivity index (χ3n) is 2.50. The predicted molar refractivity (Wildman–Crippen MR) is 65.9 cm³/mol. The van der Waals surface area contributed by atoms with Gasteiger partial charge in [0.2, 0.25) is 11.8 Å². The van der Waals surface area contributed by atoms with Gasteiger partial charge in [-0.1, -0.05) is 0 Å². The molecule has 0 fully saturated rings. The second-order valence-electron chi connectivity index (χ2n) is 3.81. The van der Waals surface area contributed by atoms with E-state index in [0.29, 0.717) is 11.0 Å². The molecular formula is C11H8F2N6O. The third-order valence-corrected chi connectivity index (χ3v) is 2.50. The summed E-state index contributed by atoms with van der Waals surface area (Å²) in [6.07, 6.45) is 1.40. The molecule has 20 heavy (non-hydrogen) atoms. The fraction of sp³-hybridized carbons (Fsp3) is 0. The number of nitrogens with two attached hydrogens (primary N) is 1. The molecule has 2 aromatic heterocycles. The number of hydrogen-bond acceptors (Lipinski definition) is 6. The van der Waals surface area contributed by atoms with Gasteiger partial charge in [0.25, 0.3) is 0 Å². The minimum absolute atomic E-state index is 0.00111. The van der Waals surface area contributed by atoms with Gasteiger partial charge in [-0.25, -0.2) is 14.6 Å². The summed E-state index contributed by atoms with van der Waals surface area (Å²) in [5.74, 6) is 3.63. The lowest BCUT2D eigenvalue weighted by molar-refractivity contribution is 0.427. The molecule has 0 saturated heterocycles. The van der Waals surface area contributed by atoms with Crippen LogP contribution in [0, 0.1) is 11.6 Å². The number of ether oxygens (including phenoxy) is 1. The van der Waals surface area contributed by atoms with E-state index in [1.807, 2.05) is 0 Å². The molecule has 0 bridgehead atoms. The first-order chi connectivity index (χ1) is 9.67. The molecule has 0 aliphatic carbocycles. The molecular weight excluding hydrogens is 270 g/mol. The van der Waals surface area contributed by atoms with Crippen LogP contribution in [0.15, 0.2) is 24.4 Å². The van der Waals surface area contributed by atoms with Gasteiger partial charge >= 0.3 is 0 Å². The molecule has 9 heteroatoms. The highest BCUT2D eigenvalue weighted by Crippen LogP contribution is 2.29. The molecule has 102 valence electrons. The van der Waals surface area contributed by atoms with E-state index in [9.17, 15) is 8.78 Å². The van der Waals surface area contributed by atoms with Crippen LogP contribution in [0.1, 0.15) is 0 Å². The lowest BCUT2D eigenvalue weighted by Crippen LogP contribution is -2.11. The number of nitrogens with one attached hydrogen (secondary N) is 2. The molecule has 1 aromatic carbocycles. The van der Waals surface area contributed by atoms with Gasteiger partial charge < -0.3 is 4.74 Å². The quantitative estimate of drug-likeness (QED) is 0.498. The summed E-state index contributed by atoms with van der Waals surface area (Å²) in [5, 5.41) is 6.79. The lowest BCUT2D eigenvalue weighted by atomic mass is 10.3. The topological polar surface area (TPSA) is 102 Å². The second-order valence-corrected chi connectivity index (χ2v) is 3.81. The molecule has 7 nitrogen and oxygen atoms in total. The number of hydrazine groups is 1. The number of fused-ring (bicyclic) bond motifs is 1. The van der Waals surface area contributed by atoms with E-state index < -0.39 is 11.6 Å². The van der Waals surface area contributed by atoms with E-state index in [4.69, 9.17) is 10.6 Å². The zero-order valence-corrected chi connectivity index (χ0v) is 9.89. The Hall–Kier alpha value is -2.81. The van der Waals surface area contributed by atoms with Crippen LogP contribution in [0.5, 0.6) is 11.6 Å². The fourth-order valence-electron chi connectivity index (χ4n) is 1.61. The van der Waals surface area contributed by atoms with E-state index in [1.165, 1.54) is 6.20 Å². The molecule has 0 unspecified atom stereocenters. The number of rotatable bonds is 3. The minimum Gasteiger partial charge on any atom is -0.435 e. The Morgan fingerprint density at radius 2 is 2.10 bits per heavy atom. The van der Waals surface area contributed by atoms with Crippen LogP contribution in [0.2, 0.25) is 0 Å². The normalized spacial score (nSPS) is 10.8. The van der Waals surface area contributed by atoms with Gasteiger partial charge in [0.15, 0.2) is 17.2 Å². The summed E-state index contributed by atoms with van der Waals surface area (Å²) < 4.78 is 32.0. The van der Waals surface area contributed by atoms with Crippen LogP contribution in [-0.4, -0.2) is 20.2 Å². The summed E-state index contributed by atoms with van der Waals surface area (Å²) in [4.78, 5) is 7.92. The number of halogens is 2. The molecule has 4 N–H and O–H groups in total. The maximum Gasteiger partial charge on any atom is 0.242 e. The Balaban J connectivity index is 2.09. The Kier molecular flexibility index (Phi) is 2.88. The third kappa shape index (κ3) is 2.10. The molecule has 0 aliphatic heterocycles. The standard InChI is InChI=1S/C11H8F2N6O/c12-5-1-2-7(13)8(3-5)20-10-6-4-15-19-9(6)16-11(17-10)18-14/h1-4H,14H2,(H2,15,16,17,18,19). The van der Waals surface area contributed by atoms with E-state index in [-0.39, 0.29) is 17.6 Å². The SMILES string of the molecule is NNc1nc(Oc2cc(F)ccc2F)c2cn[nH]c2n1. The molecule has 0 amide bonds. The van der Waals surface area contributed by atoms with Crippen molar-refractivity contribution in [3.05, 3.63) is 36.0 Å². The zero-order chi connectivity index (χ0) is 14.1. The Morgan fingerprint density at radius 3 is 2.90 bits per heavy atom. The van der Waals surface area contributed by atoms with Crippen molar-refractivity contribution in [2.24, 2.45) is 5.84 Å². The largest absolute Gasteiger partial charge is 0.435 e. The van der Waals surface area contributed by atoms with Crippen molar-refractivity contribution in [3.8, 4) is 11.6 Å². The van der Waals surface area contributed by atoms with Crippen LogP contribution in [-0.2, 0) is 0 Å². The first kappa shape index (κ1) is 12.2. The molecule has 0 spiro atoms. The van der Waals surface area contributed by atoms with Gasteiger partial charge in [-0.3, -0.25) is 10.5 Å². The number of aromatic amines is 1. The highest BCUT2D eigenvalue weighted by Gasteiger charge is 2.14. The van der Waals surface area contributed by atoms with E-state index in [1.54, 1.807) is 0 Å². The van der Waals surface area contributed by atoms with Gasteiger partial charge in [0.1, 0.15) is 11.2 Å². The summed E-state index contributed by atoms with van der Waals surface area (Å²) in [5.41, 5.74) is 2.59. The highest BCUT2D eigenvalue weighted by molar-refractivity contribution is 5.80. The van der Waals surface area contributed by atoms with Gasteiger partial charge in [0.05, 0.1) is 6.20 Å². The number of nitrogen functional groups attached to an aromatic ring is 1. The summed E-state index contributed by atoms with van der Waals surface area (Å²) >= 11 is 0. The average Bonchev–Trinajstić information content (AvgIpc) is 2.91. The monoisotopic (exact) mass is 278 g/mol. The van der Waals surface area contributed by atoms with Crippen molar-refractivity contribution in [2.45, 2.75) is 0 Å². The van der Waals surface area contributed by atoms with Crippen molar-refractivity contribution in [1.29, 1.82) is 0 Å². The summed E-state index contributed by atoms with van der Waals surface area (Å²) in [6, 6.07) is 2.86. The van der Waals surface area contributed by atoms with Crippen molar-refractivity contribution in [3.63, 3.8) is 0 Å². The minimum atomic E-state index is -0.719. The second kappa shape index (κ2) is 4.70. The van der Waals surface area contributed by atoms with E-state index in [0.717, 1.165) is 18.2 Å². The van der Waals surface area contributed by atoms with Crippen LogP contribution in [0.3, 0.4) is 0 Å². The van der Waals surface area contributed by atoms with Crippen molar-refractivity contribution < 1.29 is 13.5 Å². The molecule has 2 heterocycles. The highest BCUT2D eigenvalue weighted by atomic mass is 19.1. The number of aromatic nitrogens is 4. The van der Waals surface area contributed by atoms with Gasteiger partial charge in [-0.2, -0.15) is 15.1 Å². The zero-order valence-electron chi connectivity index (χ0n) is 9.89. The Labute approximate surface area is 110 Å². The number of anilines is 1. The predicted octanol–water partition coefficient (Wildman–Crippen LogP) is 1.71. The number of benzene rings is 1. The lowest BCUT2D eigenvalue weighted by Gasteiger charge is -2.08. The maximum absolute atomic E-state index is 13.6. The fourth-order valence-corrected chi connectivity index (χ4v) is 1.61. The van der Waals surface area contributed by atoms with Crippen molar-refractivity contribution >= 4 is 17.0 Å². The van der Waals surface area contributed by atoms with Crippen LogP contribution in [0.25, 0.3) is 11.0 Å². The Morgan fingerprint density at radius 1 is 1.25 bits per heavy atom. The van der Waals surface area contributed by atoms with Crippen LogP contribution < -0.4 is 16.0 Å².